The highest BCUT2D eigenvalue weighted by Crippen LogP contribution is 2.50. The molecule has 2 aliphatic rings. The zero-order valence-electron chi connectivity index (χ0n) is 16.0. The van der Waals surface area contributed by atoms with Crippen molar-refractivity contribution >= 4 is 15.9 Å². The molecule has 9 nitrogen and oxygen atoms in total. The fraction of sp³-hybridized carbons (Fsp3) is 0.556. The molecule has 3 heterocycles. The molecule has 3 atom stereocenters. The topological polar surface area (TPSA) is 118 Å². The second kappa shape index (κ2) is 6.63. The summed E-state index contributed by atoms with van der Waals surface area (Å²) < 4.78 is 31.1. The van der Waals surface area contributed by atoms with Gasteiger partial charge in [-0.25, -0.2) is 12.7 Å². The first kappa shape index (κ1) is 19.0. The number of nitrogens with one attached hydrogen (secondary N) is 1. The highest BCUT2D eigenvalue weighted by Gasteiger charge is 2.58. The molecule has 2 fully saturated rings. The molecule has 1 aliphatic heterocycles. The third kappa shape index (κ3) is 3.30. The van der Waals surface area contributed by atoms with E-state index in [0.717, 1.165) is 5.69 Å². The highest BCUT2D eigenvalue weighted by molar-refractivity contribution is 7.88. The lowest BCUT2D eigenvalue weighted by Gasteiger charge is -2.24. The van der Waals surface area contributed by atoms with Crippen LogP contribution in [0.15, 0.2) is 22.9 Å². The summed E-state index contributed by atoms with van der Waals surface area (Å²) in [5.74, 6) is 0.817. The summed E-state index contributed by atoms with van der Waals surface area (Å²) in [6, 6.07) is 3.33. The molecule has 0 bridgehead atoms. The Bertz CT molecular complexity index is 1020. The van der Waals surface area contributed by atoms with Crippen LogP contribution in [-0.2, 0) is 15.4 Å². The van der Waals surface area contributed by atoms with Crippen LogP contribution in [0.1, 0.15) is 40.6 Å². The number of aromatic nitrogens is 3. The molecule has 0 radical (unpaired) electrons. The van der Waals surface area contributed by atoms with Crippen molar-refractivity contribution in [2.24, 2.45) is 5.92 Å². The molecule has 2 aromatic rings. The van der Waals surface area contributed by atoms with Gasteiger partial charge in [-0.3, -0.25) is 9.78 Å². The summed E-state index contributed by atoms with van der Waals surface area (Å²) in [4.78, 5) is 21.2. The standard InChI is InChI=1S/C18H23N5O4S/c1-11-6-13(4-5-19-11)16(24)21-15-7-14-9-23(28(3,25)26)10-18(14,8-15)17-20-12(2)22-27-17/h4-6,14-15H,7-10H2,1-3H3,(H,21,24)/t14?,15-,18+/m1/s1. The first-order valence-electron chi connectivity index (χ1n) is 9.17. The molecule has 1 amide bonds. The van der Waals surface area contributed by atoms with E-state index in [4.69, 9.17) is 4.52 Å². The smallest absolute Gasteiger partial charge is 0.251 e. The van der Waals surface area contributed by atoms with E-state index in [-0.39, 0.29) is 17.9 Å². The van der Waals surface area contributed by atoms with Crippen LogP contribution in [-0.4, -0.2) is 59.1 Å². The van der Waals surface area contributed by atoms with E-state index in [0.29, 0.717) is 43.2 Å². The Morgan fingerprint density at radius 3 is 2.82 bits per heavy atom. The van der Waals surface area contributed by atoms with Gasteiger partial charge >= 0.3 is 0 Å². The fourth-order valence-corrected chi connectivity index (χ4v) is 5.39. The van der Waals surface area contributed by atoms with Crippen LogP contribution in [0.5, 0.6) is 0 Å². The molecule has 1 N–H and O–H groups in total. The maximum absolute atomic E-state index is 12.6. The van der Waals surface area contributed by atoms with Gasteiger partial charge in [-0.2, -0.15) is 4.98 Å². The van der Waals surface area contributed by atoms with Gasteiger partial charge < -0.3 is 9.84 Å². The summed E-state index contributed by atoms with van der Waals surface area (Å²) in [6.07, 6.45) is 4.04. The molecule has 28 heavy (non-hydrogen) atoms. The quantitative estimate of drug-likeness (QED) is 0.799. The molecule has 2 aromatic heterocycles. The van der Waals surface area contributed by atoms with E-state index in [1.807, 2.05) is 6.92 Å². The van der Waals surface area contributed by atoms with Crippen LogP contribution < -0.4 is 5.32 Å². The van der Waals surface area contributed by atoms with Crippen molar-refractivity contribution in [1.29, 1.82) is 0 Å². The van der Waals surface area contributed by atoms with Crippen molar-refractivity contribution in [2.45, 2.75) is 38.1 Å². The molecule has 4 rings (SSSR count). The number of fused-ring (bicyclic) bond motifs is 1. The van der Waals surface area contributed by atoms with Gasteiger partial charge in [-0.05, 0) is 44.7 Å². The van der Waals surface area contributed by atoms with Crippen molar-refractivity contribution in [1.82, 2.24) is 24.7 Å². The first-order valence-corrected chi connectivity index (χ1v) is 11.0. The molecule has 1 saturated carbocycles. The summed E-state index contributed by atoms with van der Waals surface area (Å²) in [5.41, 5.74) is 0.763. The van der Waals surface area contributed by atoms with Crippen LogP contribution in [0.2, 0.25) is 0 Å². The van der Waals surface area contributed by atoms with E-state index in [9.17, 15) is 13.2 Å². The summed E-state index contributed by atoms with van der Waals surface area (Å²) in [5, 5.41) is 6.98. The van der Waals surface area contributed by atoms with Crippen molar-refractivity contribution in [3.05, 3.63) is 41.3 Å². The van der Waals surface area contributed by atoms with Crippen molar-refractivity contribution in [2.75, 3.05) is 19.3 Å². The monoisotopic (exact) mass is 405 g/mol. The van der Waals surface area contributed by atoms with Crippen LogP contribution >= 0.6 is 0 Å². The molecule has 1 unspecified atom stereocenters. The molecule has 1 saturated heterocycles. The van der Waals surface area contributed by atoms with Gasteiger partial charge in [0.2, 0.25) is 15.9 Å². The van der Waals surface area contributed by atoms with Gasteiger partial charge in [0, 0.05) is 36.6 Å². The number of pyridine rings is 1. The van der Waals surface area contributed by atoms with Crippen molar-refractivity contribution in [3.63, 3.8) is 0 Å². The molecule has 1 aliphatic carbocycles. The number of rotatable bonds is 4. The van der Waals surface area contributed by atoms with Crippen LogP contribution in [0.3, 0.4) is 0 Å². The maximum Gasteiger partial charge on any atom is 0.251 e. The summed E-state index contributed by atoms with van der Waals surface area (Å²) in [7, 11) is -3.32. The number of hydrogen-bond donors (Lipinski definition) is 1. The summed E-state index contributed by atoms with van der Waals surface area (Å²) >= 11 is 0. The SMILES string of the molecule is Cc1cc(C(=O)N[C@@H]2CC3CN(S(C)(=O)=O)C[C@@]3(c3nc(C)no3)C2)ccn1. The minimum Gasteiger partial charge on any atom is -0.349 e. The van der Waals surface area contributed by atoms with Gasteiger partial charge in [0.05, 0.1) is 11.7 Å². The van der Waals surface area contributed by atoms with E-state index < -0.39 is 15.4 Å². The van der Waals surface area contributed by atoms with Crippen molar-refractivity contribution < 1.29 is 17.7 Å². The van der Waals surface area contributed by atoms with Crippen LogP contribution in [0.25, 0.3) is 0 Å². The number of aryl methyl sites for hydroxylation is 2. The molecule has 0 aromatic carbocycles. The van der Waals surface area contributed by atoms with E-state index in [1.54, 1.807) is 25.3 Å². The van der Waals surface area contributed by atoms with Crippen LogP contribution in [0.4, 0.5) is 0 Å². The normalized spacial score (nSPS) is 27.7. The van der Waals surface area contributed by atoms with Gasteiger partial charge in [0.25, 0.3) is 5.91 Å². The highest BCUT2D eigenvalue weighted by atomic mass is 32.2. The Balaban J connectivity index is 1.58. The maximum atomic E-state index is 12.6. The number of nitrogens with zero attached hydrogens (tertiary/aromatic N) is 4. The molecular formula is C18H23N5O4S. The Kier molecular flexibility index (Phi) is 4.50. The number of carbonyl (C=O) groups is 1. The molecule has 10 heteroatoms. The minimum absolute atomic E-state index is 0.00607. The van der Waals surface area contributed by atoms with Crippen LogP contribution in [0, 0.1) is 19.8 Å². The molecule has 150 valence electrons. The predicted octanol–water partition coefficient (Wildman–Crippen LogP) is 0.803. The number of hydrogen-bond acceptors (Lipinski definition) is 7. The number of carbonyl (C=O) groups excluding carboxylic acids is 1. The zero-order valence-corrected chi connectivity index (χ0v) is 16.9. The zero-order chi connectivity index (χ0) is 20.1. The Labute approximate surface area is 163 Å². The Morgan fingerprint density at radius 2 is 2.18 bits per heavy atom. The third-order valence-electron chi connectivity index (χ3n) is 5.76. The van der Waals surface area contributed by atoms with E-state index in [2.05, 4.69) is 20.4 Å². The van der Waals surface area contributed by atoms with Gasteiger partial charge in [-0.1, -0.05) is 5.16 Å². The fourth-order valence-electron chi connectivity index (χ4n) is 4.47. The first-order chi connectivity index (χ1) is 13.2. The molecular weight excluding hydrogens is 382 g/mol. The van der Waals surface area contributed by atoms with E-state index >= 15 is 0 Å². The minimum atomic E-state index is -3.32. The third-order valence-corrected chi connectivity index (χ3v) is 6.98. The Morgan fingerprint density at radius 1 is 1.39 bits per heavy atom. The largest absolute Gasteiger partial charge is 0.349 e. The second-order valence-electron chi connectivity index (χ2n) is 7.85. The van der Waals surface area contributed by atoms with Crippen molar-refractivity contribution in [3.8, 4) is 0 Å². The lowest BCUT2D eigenvalue weighted by Crippen LogP contribution is -2.39. The lowest BCUT2D eigenvalue weighted by molar-refractivity contribution is 0.0934. The van der Waals surface area contributed by atoms with E-state index in [1.165, 1.54) is 10.6 Å². The average molecular weight is 405 g/mol. The summed E-state index contributed by atoms with van der Waals surface area (Å²) in [6.45, 7) is 4.26. The average Bonchev–Trinajstić information content (AvgIpc) is 3.26. The number of amides is 1. The number of sulfonamides is 1. The second-order valence-corrected chi connectivity index (χ2v) is 9.83. The predicted molar refractivity (Wildman–Crippen MR) is 100 cm³/mol. The van der Waals surface area contributed by atoms with Gasteiger partial charge in [-0.15, -0.1) is 0 Å². The van der Waals surface area contributed by atoms with Gasteiger partial charge in [0.1, 0.15) is 0 Å². The molecule has 0 spiro atoms. The van der Waals surface area contributed by atoms with Gasteiger partial charge in [0.15, 0.2) is 5.82 Å². The lowest BCUT2D eigenvalue weighted by atomic mass is 9.80. The Hall–Kier alpha value is -2.33.